The van der Waals surface area contributed by atoms with Gasteiger partial charge in [0.2, 0.25) is 0 Å². The van der Waals surface area contributed by atoms with Gasteiger partial charge in [-0.1, -0.05) is 6.07 Å². The maximum atomic E-state index is 10.8. The number of nitrogens with two attached hydrogens (primary N) is 1. The van der Waals surface area contributed by atoms with Crippen molar-refractivity contribution in [1.82, 2.24) is 0 Å². The summed E-state index contributed by atoms with van der Waals surface area (Å²) in [5.41, 5.74) is 7.51. The fraction of sp³-hybridized carbons (Fsp3) is 0.111. The minimum atomic E-state index is -0.645. The first-order valence-electron chi connectivity index (χ1n) is 4.34. The Bertz CT molecular complexity index is 452. The van der Waals surface area contributed by atoms with E-state index in [2.05, 4.69) is 10.5 Å². The van der Waals surface area contributed by atoms with E-state index in [1.807, 2.05) is 0 Å². The number of amidine groups is 1. The summed E-state index contributed by atoms with van der Waals surface area (Å²) in [5, 5.41) is 14.4. The molecule has 0 heterocycles. The van der Waals surface area contributed by atoms with Crippen LogP contribution in [0.1, 0.15) is 17.3 Å². The topological polar surface area (TPSA) is 111 Å². The van der Waals surface area contributed by atoms with Gasteiger partial charge in [-0.25, -0.2) is 0 Å². The van der Waals surface area contributed by atoms with E-state index in [4.69, 9.17) is 5.73 Å². The molecule has 0 aliphatic carbocycles. The molecule has 0 radical (unpaired) electrons. The second-order valence-electron chi connectivity index (χ2n) is 2.98. The molecule has 7 heteroatoms. The summed E-state index contributed by atoms with van der Waals surface area (Å²) in [6.45, 7) is 1.53. The van der Waals surface area contributed by atoms with Gasteiger partial charge in [-0.05, 0) is 19.1 Å². The molecule has 0 aromatic heterocycles. The molecule has 0 aliphatic heterocycles. The van der Waals surface area contributed by atoms with Gasteiger partial charge in [-0.15, -0.1) is 0 Å². The predicted molar refractivity (Wildman–Crippen MR) is 59.4 cm³/mol. The third kappa shape index (κ3) is 2.53. The molecular formula is C9H10N4O3. The summed E-state index contributed by atoms with van der Waals surface area (Å²) in [4.78, 5) is 20.8. The third-order valence-electron chi connectivity index (χ3n) is 1.73. The lowest BCUT2D eigenvalue weighted by molar-refractivity contribution is -0.384. The second kappa shape index (κ2) is 4.87. The minimum absolute atomic E-state index is 0.0140. The molecule has 3 N–H and O–H groups in total. The van der Waals surface area contributed by atoms with E-state index < -0.39 is 4.92 Å². The number of hydrogen-bond donors (Lipinski definition) is 2. The Morgan fingerprint density at radius 1 is 1.62 bits per heavy atom. The van der Waals surface area contributed by atoms with E-state index in [0.29, 0.717) is 6.29 Å². The molecule has 1 aromatic rings. The van der Waals surface area contributed by atoms with Crippen LogP contribution in [-0.2, 0) is 0 Å². The largest absolute Gasteiger partial charge is 0.386 e. The van der Waals surface area contributed by atoms with Crippen LogP contribution in [-0.4, -0.2) is 17.0 Å². The van der Waals surface area contributed by atoms with E-state index in [0.717, 1.165) is 0 Å². The molecule has 0 saturated heterocycles. The van der Waals surface area contributed by atoms with E-state index in [1.54, 1.807) is 0 Å². The molecule has 0 aliphatic rings. The number of para-hydroxylation sites is 1. The molecule has 1 aromatic carbocycles. The molecular weight excluding hydrogens is 212 g/mol. The number of hydrogen-bond acceptors (Lipinski definition) is 5. The van der Waals surface area contributed by atoms with E-state index in [9.17, 15) is 14.9 Å². The zero-order valence-electron chi connectivity index (χ0n) is 8.51. The number of rotatable bonds is 4. The van der Waals surface area contributed by atoms with Crippen LogP contribution in [0.4, 0.5) is 11.4 Å². The molecule has 0 spiro atoms. The number of nitro groups is 1. The third-order valence-corrected chi connectivity index (χ3v) is 1.73. The van der Waals surface area contributed by atoms with Gasteiger partial charge in [0.1, 0.15) is 11.5 Å². The Kier molecular flexibility index (Phi) is 3.54. The fourth-order valence-electron chi connectivity index (χ4n) is 1.10. The van der Waals surface area contributed by atoms with Crippen LogP contribution in [0.15, 0.2) is 23.3 Å². The van der Waals surface area contributed by atoms with Gasteiger partial charge in [-0.2, -0.15) is 5.10 Å². The fourth-order valence-corrected chi connectivity index (χ4v) is 1.10. The van der Waals surface area contributed by atoms with Gasteiger partial charge < -0.3 is 5.73 Å². The van der Waals surface area contributed by atoms with Crippen LogP contribution in [0, 0.1) is 10.1 Å². The first-order chi connectivity index (χ1) is 7.56. The Morgan fingerprint density at radius 3 is 2.81 bits per heavy atom. The average molecular weight is 222 g/mol. The second-order valence-corrected chi connectivity index (χ2v) is 2.98. The Morgan fingerprint density at radius 2 is 2.31 bits per heavy atom. The monoisotopic (exact) mass is 222 g/mol. The molecule has 0 saturated carbocycles. The lowest BCUT2D eigenvalue weighted by atomic mass is 10.1. The van der Waals surface area contributed by atoms with Crippen molar-refractivity contribution in [2.45, 2.75) is 6.92 Å². The first-order valence-corrected chi connectivity index (χ1v) is 4.34. The molecule has 0 fully saturated rings. The molecule has 0 unspecified atom stereocenters. The number of carbonyl (C=O) groups excluding carboxylic acids is 1. The highest BCUT2D eigenvalue weighted by Gasteiger charge is 2.18. The summed E-state index contributed by atoms with van der Waals surface area (Å²) in [6.07, 6.45) is 0.419. The van der Waals surface area contributed by atoms with Crippen molar-refractivity contribution in [2.75, 3.05) is 5.43 Å². The summed E-state index contributed by atoms with van der Waals surface area (Å²) >= 11 is 0. The number of aldehydes is 1. The number of carbonyl (C=O) groups is 1. The summed E-state index contributed by atoms with van der Waals surface area (Å²) in [7, 11) is 0. The van der Waals surface area contributed by atoms with Crippen LogP contribution in [0.2, 0.25) is 0 Å². The van der Waals surface area contributed by atoms with E-state index in [-0.39, 0.29) is 22.8 Å². The van der Waals surface area contributed by atoms with Gasteiger partial charge in [0.25, 0.3) is 0 Å². The number of nitro benzene ring substituents is 1. The Labute approximate surface area is 91.1 Å². The number of hydrazone groups is 1. The van der Waals surface area contributed by atoms with Gasteiger partial charge in [0.05, 0.1) is 10.5 Å². The van der Waals surface area contributed by atoms with Gasteiger partial charge in [0, 0.05) is 0 Å². The Balaban J connectivity index is 3.22. The van der Waals surface area contributed by atoms with Crippen LogP contribution in [0.3, 0.4) is 0 Å². The van der Waals surface area contributed by atoms with Crippen molar-refractivity contribution in [3.8, 4) is 0 Å². The van der Waals surface area contributed by atoms with Crippen molar-refractivity contribution in [2.24, 2.45) is 10.8 Å². The average Bonchev–Trinajstić information content (AvgIpc) is 2.25. The van der Waals surface area contributed by atoms with Gasteiger partial charge in [0.15, 0.2) is 6.29 Å². The molecule has 16 heavy (non-hydrogen) atoms. The van der Waals surface area contributed by atoms with Crippen molar-refractivity contribution in [3.05, 3.63) is 33.9 Å². The maximum absolute atomic E-state index is 10.8. The number of anilines is 1. The van der Waals surface area contributed by atoms with Crippen molar-refractivity contribution >= 4 is 23.5 Å². The highest BCUT2D eigenvalue weighted by Crippen LogP contribution is 2.27. The maximum Gasteiger partial charge on any atom is 0.304 e. The molecule has 0 atom stereocenters. The SMILES string of the molecule is C/C(N)=N/Nc1cccc(C=O)c1[N+](=O)[O-]. The van der Waals surface area contributed by atoms with Crippen LogP contribution < -0.4 is 11.2 Å². The standard InChI is InChI=1S/C9H10N4O3/c1-6(10)11-12-8-4-2-3-7(5-14)9(8)13(15)16/h2-5,12H,1H3,(H2,10,11). The predicted octanol–water partition coefficient (Wildman–Crippen LogP) is 1.11. The van der Waals surface area contributed by atoms with Crippen LogP contribution in [0.25, 0.3) is 0 Å². The van der Waals surface area contributed by atoms with Crippen molar-refractivity contribution in [1.29, 1.82) is 0 Å². The smallest absolute Gasteiger partial charge is 0.304 e. The van der Waals surface area contributed by atoms with E-state index in [1.165, 1.54) is 25.1 Å². The summed E-state index contributed by atoms with van der Waals surface area (Å²) in [5.74, 6) is 0.228. The number of nitrogens with zero attached hydrogens (tertiary/aromatic N) is 2. The quantitative estimate of drug-likeness (QED) is 0.260. The molecule has 0 bridgehead atoms. The van der Waals surface area contributed by atoms with Crippen molar-refractivity contribution in [3.63, 3.8) is 0 Å². The van der Waals surface area contributed by atoms with Crippen LogP contribution >= 0.6 is 0 Å². The molecule has 1 rings (SSSR count). The zero-order chi connectivity index (χ0) is 12.1. The van der Waals surface area contributed by atoms with Gasteiger partial charge >= 0.3 is 5.69 Å². The summed E-state index contributed by atoms with van der Waals surface area (Å²) in [6, 6.07) is 4.31. The molecule has 7 nitrogen and oxygen atoms in total. The first kappa shape index (κ1) is 11.6. The number of benzene rings is 1. The molecule has 0 amide bonds. The highest BCUT2D eigenvalue weighted by molar-refractivity contribution is 5.87. The van der Waals surface area contributed by atoms with E-state index >= 15 is 0 Å². The zero-order valence-corrected chi connectivity index (χ0v) is 8.51. The lowest BCUT2D eigenvalue weighted by Gasteiger charge is -2.03. The minimum Gasteiger partial charge on any atom is -0.386 e. The van der Waals surface area contributed by atoms with Crippen LogP contribution in [0.5, 0.6) is 0 Å². The molecule has 84 valence electrons. The van der Waals surface area contributed by atoms with Crippen molar-refractivity contribution < 1.29 is 9.72 Å². The Hall–Kier alpha value is -2.44. The normalized spacial score (nSPS) is 10.9. The van der Waals surface area contributed by atoms with Gasteiger partial charge in [-0.3, -0.25) is 20.3 Å². The number of nitrogens with one attached hydrogen (secondary N) is 1. The highest BCUT2D eigenvalue weighted by atomic mass is 16.6. The lowest BCUT2D eigenvalue weighted by Crippen LogP contribution is -2.09. The summed E-state index contributed by atoms with van der Waals surface area (Å²) < 4.78 is 0.